The predicted molar refractivity (Wildman–Crippen MR) is 163 cm³/mol. The van der Waals surface area contributed by atoms with Gasteiger partial charge in [0, 0.05) is 38.6 Å². The van der Waals surface area contributed by atoms with E-state index >= 15 is 0 Å². The van der Waals surface area contributed by atoms with Gasteiger partial charge in [-0.05, 0) is 68.3 Å². The quantitative estimate of drug-likeness (QED) is 0.440. The summed E-state index contributed by atoms with van der Waals surface area (Å²) in [5.41, 5.74) is 4.41. The molecule has 3 fully saturated rings. The first-order valence-electron chi connectivity index (χ1n) is 15.5. The van der Waals surface area contributed by atoms with E-state index < -0.39 is 18.0 Å². The summed E-state index contributed by atoms with van der Waals surface area (Å²) < 4.78 is 7.27. The number of benzene rings is 2. The fourth-order valence-corrected chi connectivity index (χ4v) is 6.86. The molecule has 4 atom stereocenters. The minimum Gasteiger partial charge on any atom is -0.378 e. The molecule has 3 aliphatic heterocycles. The van der Waals surface area contributed by atoms with Crippen molar-refractivity contribution in [2.75, 3.05) is 39.4 Å². The molecule has 3 saturated heterocycles. The second-order valence-electron chi connectivity index (χ2n) is 12.3. The zero-order valence-electron chi connectivity index (χ0n) is 25.1. The molecular weight excluding hydrogens is 544 g/mol. The molecule has 1 aromatic heterocycles. The van der Waals surface area contributed by atoms with Crippen molar-refractivity contribution in [1.29, 1.82) is 0 Å². The molecule has 0 radical (unpaired) electrons. The number of hydrogen-bond donors (Lipinski definition) is 2. The van der Waals surface area contributed by atoms with Crippen molar-refractivity contribution in [1.82, 2.24) is 30.2 Å². The third-order valence-electron chi connectivity index (χ3n) is 9.26. The molecule has 0 spiro atoms. The highest BCUT2D eigenvalue weighted by atomic mass is 16.5. The Morgan fingerprint density at radius 3 is 2.60 bits per heavy atom. The first kappa shape index (κ1) is 29.3. The largest absolute Gasteiger partial charge is 0.378 e. The van der Waals surface area contributed by atoms with E-state index in [1.54, 1.807) is 4.90 Å². The molecule has 10 heteroatoms. The number of morpholine rings is 1. The SMILES string of the molecule is Cc1ccc(CC2CC(C(=O)NCc3ccc4c(cnn4C)c3)N(C(=O)[C@@H]3NCCC[C@@H]3C(=O)N3CCOCC3)C2)cc1. The van der Waals surface area contributed by atoms with Gasteiger partial charge in [-0.15, -0.1) is 0 Å². The first-order valence-corrected chi connectivity index (χ1v) is 15.5. The van der Waals surface area contributed by atoms with E-state index in [-0.39, 0.29) is 23.6 Å². The van der Waals surface area contributed by atoms with Crippen LogP contribution in [-0.2, 0) is 39.1 Å². The summed E-state index contributed by atoms with van der Waals surface area (Å²) in [6, 6.07) is 13.3. The lowest BCUT2D eigenvalue weighted by atomic mass is 9.88. The maximum Gasteiger partial charge on any atom is 0.243 e. The zero-order valence-corrected chi connectivity index (χ0v) is 25.1. The maximum absolute atomic E-state index is 14.3. The summed E-state index contributed by atoms with van der Waals surface area (Å²) in [6.07, 6.45) is 4.70. The monoisotopic (exact) mass is 586 g/mol. The lowest BCUT2D eigenvalue weighted by Crippen LogP contribution is -2.59. The number of rotatable bonds is 7. The van der Waals surface area contributed by atoms with Gasteiger partial charge >= 0.3 is 0 Å². The van der Waals surface area contributed by atoms with Crippen molar-refractivity contribution in [3.05, 3.63) is 65.4 Å². The second-order valence-corrected chi connectivity index (χ2v) is 12.3. The molecule has 3 aliphatic rings. The van der Waals surface area contributed by atoms with Crippen molar-refractivity contribution in [2.24, 2.45) is 18.9 Å². The van der Waals surface area contributed by atoms with Gasteiger partial charge in [-0.2, -0.15) is 5.10 Å². The topological polar surface area (TPSA) is 109 Å². The van der Waals surface area contributed by atoms with Crippen molar-refractivity contribution >= 4 is 28.6 Å². The number of ether oxygens (including phenoxy) is 1. The number of amides is 3. The highest BCUT2D eigenvalue weighted by molar-refractivity contribution is 5.94. The number of nitrogens with one attached hydrogen (secondary N) is 2. The number of carbonyl (C=O) groups excluding carboxylic acids is 3. The van der Waals surface area contributed by atoms with Gasteiger partial charge in [0.2, 0.25) is 17.7 Å². The predicted octanol–water partition coefficient (Wildman–Crippen LogP) is 2.18. The molecule has 2 N–H and O–H groups in total. The van der Waals surface area contributed by atoms with E-state index in [4.69, 9.17) is 4.74 Å². The van der Waals surface area contributed by atoms with Gasteiger partial charge in [0.15, 0.2) is 0 Å². The van der Waals surface area contributed by atoms with Crippen molar-refractivity contribution in [2.45, 2.75) is 51.2 Å². The Morgan fingerprint density at radius 1 is 1.05 bits per heavy atom. The fraction of sp³-hybridized carbons (Fsp3) is 0.515. The van der Waals surface area contributed by atoms with E-state index in [0.717, 1.165) is 29.3 Å². The summed E-state index contributed by atoms with van der Waals surface area (Å²) in [5, 5.41) is 11.8. The highest BCUT2D eigenvalue weighted by Crippen LogP contribution is 2.30. The summed E-state index contributed by atoms with van der Waals surface area (Å²) in [4.78, 5) is 45.2. The van der Waals surface area contributed by atoms with Gasteiger partial charge < -0.3 is 25.2 Å². The van der Waals surface area contributed by atoms with E-state index in [1.807, 2.05) is 41.0 Å². The standard InChI is InChI=1S/C33H42N6O4/c1-22-5-7-23(8-6-22)16-25-18-29(31(40)35-19-24-9-10-28-26(17-24)20-36-37(28)2)39(21-25)33(42)30-27(4-3-11-34-30)32(41)38-12-14-43-15-13-38/h5-10,17,20,25,27,29-30,34H,3-4,11-16,18-19,21H2,1-2H3,(H,35,40)/t25?,27-,29?,30+/m0/s1. The molecule has 10 nitrogen and oxygen atoms in total. The van der Waals surface area contributed by atoms with Gasteiger partial charge in [0.1, 0.15) is 6.04 Å². The van der Waals surface area contributed by atoms with Crippen LogP contribution in [0.4, 0.5) is 0 Å². The Hall–Kier alpha value is -3.76. The molecule has 0 bridgehead atoms. The van der Waals surface area contributed by atoms with E-state index in [2.05, 4.69) is 46.9 Å². The third-order valence-corrected chi connectivity index (χ3v) is 9.26. The number of hydrogen-bond acceptors (Lipinski definition) is 6. The summed E-state index contributed by atoms with van der Waals surface area (Å²) in [7, 11) is 1.91. The van der Waals surface area contributed by atoms with Crippen LogP contribution in [-0.4, -0.2) is 88.8 Å². The molecule has 3 amide bonds. The molecule has 2 aromatic carbocycles. The lowest BCUT2D eigenvalue weighted by molar-refractivity contribution is -0.149. The molecule has 2 unspecified atom stereocenters. The maximum atomic E-state index is 14.3. The van der Waals surface area contributed by atoms with Crippen LogP contribution in [0.2, 0.25) is 0 Å². The second kappa shape index (κ2) is 12.9. The number of aryl methyl sites for hydroxylation is 2. The highest BCUT2D eigenvalue weighted by Gasteiger charge is 2.46. The van der Waals surface area contributed by atoms with Crippen LogP contribution in [0.3, 0.4) is 0 Å². The first-order chi connectivity index (χ1) is 20.9. The number of likely N-dealkylation sites (tertiary alicyclic amines) is 1. The zero-order chi connectivity index (χ0) is 29.9. The number of aromatic nitrogens is 2. The molecule has 3 aromatic rings. The van der Waals surface area contributed by atoms with Crippen LogP contribution in [0.1, 0.15) is 36.0 Å². The number of carbonyl (C=O) groups is 3. The Labute approximate surface area is 252 Å². The molecule has 0 aliphatic carbocycles. The van der Waals surface area contributed by atoms with Gasteiger partial charge in [-0.3, -0.25) is 19.1 Å². The van der Waals surface area contributed by atoms with E-state index in [0.29, 0.717) is 58.8 Å². The average molecular weight is 587 g/mol. The minimum atomic E-state index is -0.634. The minimum absolute atomic E-state index is 0.0102. The summed E-state index contributed by atoms with van der Waals surface area (Å²) in [6.45, 7) is 5.74. The third kappa shape index (κ3) is 6.45. The van der Waals surface area contributed by atoms with E-state index in [1.165, 1.54) is 11.1 Å². The molecular formula is C33H42N6O4. The van der Waals surface area contributed by atoms with Gasteiger partial charge in [-0.1, -0.05) is 35.9 Å². The fourth-order valence-electron chi connectivity index (χ4n) is 6.86. The number of nitrogens with zero attached hydrogens (tertiary/aromatic N) is 4. The lowest BCUT2D eigenvalue weighted by Gasteiger charge is -2.38. The number of fused-ring (bicyclic) bond motifs is 1. The van der Waals surface area contributed by atoms with Gasteiger partial charge in [-0.25, -0.2) is 0 Å². The molecule has 6 rings (SSSR count). The van der Waals surface area contributed by atoms with Crippen LogP contribution >= 0.6 is 0 Å². The van der Waals surface area contributed by atoms with Crippen molar-refractivity contribution in [3.8, 4) is 0 Å². The van der Waals surface area contributed by atoms with Gasteiger partial charge in [0.25, 0.3) is 0 Å². The van der Waals surface area contributed by atoms with Crippen molar-refractivity contribution in [3.63, 3.8) is 0 Å². The normalized spacial score (nSPS) is 24.3. The Morgan fingerprint density at radius 2 is 1.81 bits per heavy atom. The molecule has 228 valence electrons. The Balaban J connectivity index is 1.19. The molecule has 43 heavy (non-hydrogen) atoms. The van der Waals surface area contributed by atoms with Crippen LogP contribution < -0.4 is 10.6 Å². The summed E-state index contributed by atoms with van der Waals surface area (Å²) >= 11 is 0. The van der Waals surface area contributed by atoms with E-state index in [9.17, 15) is 14.4 Å². The molecule has 0 saturated carbocycles. The smallest absolute Gasteiger partial charge is 0.243 e. The van der Waals surface area contributed by atoms with Crippen LogP contribution in [0.25, 0.3) is 10.9 Å². The Kier molecular flexibility index (Phi) is 8.76. The van der Waals surface area contributed by atoms with Crippen molar-refractivity contribution < 1.29 is 19.1 Å². The molecule has 4 heterocycles. The number of piperidine rings is 1. The van der Waals surface area contributed by atoms with Crippen LogP contribution in [0.5, 0.6) is 0 Å². The summed E-state index contributed by atoms with van der Waals surface area (Å²) in [5.74, 6) is -0.583. The van der Waals surface area contributed by atoms with Crippen LogP contribution in [0.15, 0.2) is 48.7 Å². The average Bonchev–Trinajstić information content (AvgIpc) is 3.63. The Bertz CT molecular complexity index is 1460. The van der Waals surface area contributed by atoms with Crippen LogP contribution in [0, 0.1) is 18.8 Å². The van der Waals surface area contributed by atoms with Gasteiger partial charge in [0.05, 0.1) is 36.9 Å².